The van der Waals surface area contributed by atoms with Gasteiger partial charge in [-0.25, -0.2) is 0 Å². The van der Waals surface area contributed by atoms with Crippen molar-refractivity contribution in [1.29, 1.82) is 0 Å². The number of carbonyl (C=O) groups is 2. The summed E-state index contributed by atoms with van der Waals surface area (Å²) in [6.07, 6.45) is 5.97. The molecule has 1 N–H and O–H groups in total. The molecule has 2 unspecified atom stereocenters. The zero-order chi connectivity index (χ0) is 13.6. The molecule has 2 saturated carbocycles. The Bertz CT molecular complexity index is 376. The van der Waals surface area contributed by atoms with Crippen molar-refractivity contribution in [3.63, 3.8) is 0 Å². The Kier molecular flexibility index (Phi) is 3.27. The van der Waals surface area contributed by atoms with Crippen LogP contribution in [0.5, 0.6) is 0 Å². The van der Waals surface area contributed by atoms with Crippen LogP contribution < -0.4 is 5.32 Å². The third kappa shape index (κ3) is 2.49. The number of nitrogens with zero attached hydrogens (tertiary/aromatic N) is 1. The van der Waals surface area contributed by atoms with Gasteiger partial charge >= 0.3 is 0 Å². The average Bonchev–Trinajstić information content (AvgIpc) is 3.26. The van der Waals surface area contributed by atoms with Gasteiger partial charge in [0.05, 0.1) is 0 Å². The van der Waals surface area contributed by atoms with Crippen LogP contribution in [0.15, 0.2) is 0 Å². The molecule has 2 atom stereocenters. The first kappa shape index (κ1) is 12.9. The summed E-state index contributed by atoms with van der Waals surface area (Å²) in [4.78, 5) is 26.3. The summed E-state index contributed by atoms with van der Waals surface area (Å²) in [5, 5.41) is 2.83. The number of amides is 2. The second-order valence-electron chi connectivity index (χ2n) is 6.47. The Morgan fingerprint density at radius 2 is 1.79 bits per heavy atom. The summed E-state index contributed by atoms with van der Waals surface area (Å²) in [5.74, 6) is 2.42. The van der Waals surface area contributed by atoms with E-state index in [9.17, 15) is 9.59 Å². The van der Waals surface area contributed by atoms with Gasteiger partial charge < -0.3 is 10.2 Å². The summed E-state index contributed by atoms with van der Waals surface area (Å²) in [5.41, 5.74) is 0. The molecule has 0 bridgehead atoms. The van der Waals surface area contributed by atoms with Crippen LogP contribution in [0.25, 0.3) is 0 Å². The zero-order valence-electron chi connectivity index (χ0n) is 11.9. The molecule has 1 aliphatic heterocycles. The van der Waals surface area contributed by atoms with Crippen molar-refractivity contribution in [3.8, 4) is 0 Å². The minimum absolute atomic E-state index is 0.0109. The molecule has 0 spiro atoms. The Morgan fingerprint density at radius 1 is 1.21 bits per heavy atom. The van der Waals surface area contributed by atoms with E-state index < -0.39 is 0 Å². The van der Waals surface area contributed by atoms with Crippen molar-refractivity contribution >= 4 is 11.8 Å². The lowest BCUT2D eigenvalue weighted by Gasteiger charge is -2.39. The molecule has 0 aromatic heterocycles. The fourth-order valence-electron chi connectivity index (χ4n) is 3.37. The predicted octanol–water partition coefficient (Wildman–Crippen LogP) is 1.55. The van der Waals surface area contributed by atoms with E-state index in [1.807, 2.05) is 18.7 Å². The first-order valence-electron chi connectivity index (χ1n) is 7.72. The standard InChI is InChI=1S/C15H24N2O2/c1-3-13-15(19)17(9(2)14(18)16-13)8-12(10-4-5-10)11-6-7-11/h9-13H,3-8H2,1-2H3,(H,16,18). The highest BCUT2D eigenvalue weighted by Crippen LogP contribution is 2.49. The van der Waals surface area contributed by atoms with E-state index in [2.05, 4.69) is 5.32 Å². The quantitative estimate of drug-likeness (QED) is 0.819. The number of hydrogen-bond donors (Lipinski definition) is 1. The highest BCUT2D eigenvalue weighted by atomic mass is 16.2. The van der Waals surface area contributed by atoms with E-state index in [0.29, 0.717) is 12.3 Å². The molecule has 0 radical (unpaired) electrons. The lowest BCUT2D eigenvalue weighted by atomic mass is 9.95. The summed E-state index contributed by atoms with van der Waals surface area (Å²) in [7, 11) is 0. The van der Waals surface area contributed by atoms with Crippen molar-refractivity contribution in [2.75, 3.05) is 6.54 Å². The van der Waals surface area contributed by atoms with Crippen LogP contribution >= 0.6 is 0 Å². The van der Waals surface area contributed by atoms with Crippen LogP contribution in [-0.2, 0) is 9.59 Å². The van der Waals surface area contributed by atoms with Gasteiger partial charge in [-0.05, 0) is 56.8 Å². The maximum Gasteiger partial charge on any atom is 0.245 e. The summed E-state index contributed by atoms with van der Waals surface area (Å²) >= 11 is 0. The number of hydrogen-bond acceptors (Lipinski definition) is 2. The van der Waals surface area contributed by atoms with Gasteiger partial charge in [-0.2, -0.15) is 0 Å². The molecular weight excluding hydrogens is 240 g/mol. The maximum absolute atomic E-state index is 12.4. The van der Waals surface area contributed by atoms with Gasteiger partial charge in [-0.3, -0.25) is 9.59 Å². The van der Waals surface area contributed by atoms with Crippen molar-refractivity contribution in [3.05, 3.63) is 0 Å². The van der Waals surface area contributed by atoms with Gasteiger partial charge in [-0.1, -0.05) is 6.92 Å². The van der Waals surface area contributed by atoms with Crippen molar-refractivity contribution in [2.45, 2.75) is 58.0 Å². The maximum atomic E-state index is 12.4. The van der Waals surface area contributed by atoms with E-state index in [4.69, 9.17) is 0 Å². The average molecular weight is 264 g/mol. The van der Waals surface area contributed by atoms with E-state index in [1.54, 1.807) is 0 Å². The van der Waals surface area contributed by atoms with Gasteiger partial charge in [0, 0.05) is 6.54 Å². The van der Waals surface area contributed by atoms with E-state index in [-0.39, 0.29) is 23.9 Å². The first-order chi connectivity index (χ1) is 9.11. The summed E-state index contributed by atoms with van der Waals surface area (Å²) < 4.78 is 0. The summed E-state index contributed by atoms with van der Waals surface area (Å²) in [6, 6.07) is -0.599. The van der Waals surface area contributed by atoms with Crippen molar-refractivity contribution in [1.82, 2.24) is 10.2 Å². The SMILES string of the molecule is CCC1NC(=O)C(C)N(CC(C2CC2)C2CC2)C1=O. The van der Waals surface area contributed by atoms with Crippen LogP contribution in [-0.4, -0.2) is 35.3 Å². The molecule has 4 nitrogen and oxygen atoms in total. The third-order valence-electron chi connectivity index (χ3n) is 5.02. The van der Waals surface area contributed by atoms with E-state index in [1.165, 1.54) is 25.7 Å². The Morgan fingerprint density at radius 3 is 2.26 bits per heavy atom. The van der Waals surface area contributed by atoms with E-state index >= 15 is 0 Å². The lowest BCUT2D eigenvalue weighted by Crippen LogP contribution is -2.63. The first-order valence-corrected chi connectivity index (χ1v) is 7.72. The van der Waals surface area contributed by atoms with Crippen molar-refractivity contribution in [2.24, 2.45) is 17.8 Å². The second kappa shape index (κ2) is 4.80. The smallest absolute Gasteiger partial charge is 0.245 e. The van der Waals surface area contributed by atoms with Crippen LogP contribution in [0.1, 0.15) is 46.0 Å². The highest BCUT2D eigenvalue weighted by Gasteiger charge is 2.45. The highest BCUT2D eigenvalue weighted by molar-refractivity contribution is 5.96. The molecule has 3 rings (SSSR count). The largest absolute Gasteiger partial charge is 0.343 e. The Labute approximate surface area is 114 Å². The predicted molar refractivity (Wildman–Crippen MR) is 72.3 cm³/mol. The minimum Gasteiger partial charge on any atom is -0.343 e. The molecule has 2 amide bonds. The summed E-state index contributed by atoms with van der Waals surface area (Å²) in [6.45, 7) is 4.62. The van der Waals surface area contributed by atoms with Gasteiger partial charge in [0.1, 0.15) is 12.1 Å². The third-order valence-corrected chi connectivity index (χ3v) is 5.02. The molecule has 0 aromatic carbocycles. The molecule has 3 fully saturated rings. The molecule has 1 saturated heterocycles. The topological polar surface area (TPSA) is 49.4 Å². The van der Waals surface area contributed by atoms with Crippen molar-refractivity contribution < 1.29 is 9.59 Å². The van der Waals surface area contributed by atoms with Crippen LogP contribution in [0.2, 0.25) is 0 Å². The molecule has 1 heterocycles. The monoisotopic (exact) mass is 264 g/mol. The van der Waals surface area contributed by atoms with Gasteiger partial charge in [0.15, 0.2) is 0 Å². The molecule has 3 aliphatic rings. The second-order valence-corrected chi connectivity index (χ2v) is 6.47. The minimum atomic E-state index is -0.303. The molecule has 4 heteroatoms. The van der Waals surface area contributed by atoms with Crippen LogP contribution in [0, 0.1) is 17.8 Å². The Hall–Kier alpha value is -1.06. The molecule has 106 valence electrons. The normalized spacial score (nSPS) is 31.8. The van der Waals surface area contributed by atoms with Gasteiger partial charge in [0.2, 0.25) is 11.8 Å². The fourth-order valence-corrected chi connectivity index (χ4v) is 3.37. The Balaban J connectivity index is 1.72. The molecule has 19 heavy (non-hydrogen) atoms. The molecule has 0 aromatic rings. The number of piperazine rings is 1. The van der Waals surface area contributed by atoms with Gasteiger partial charge in [-0.15, -0.1) is 0 Å². The number of carbonyl (C=O) groups excluding carboxylic acids is 2. The molecular formula is C15H24N2O2. The number of rotatable bonds is 5. The van der Waals surface area contributed by atoms with Gasteiger partial charge in [0.25, 0.3) is 0 Å². The van der Waals surface area contributed by atoms with Crippen LogP contribution in [0.3, 0.4) is 0 Å². The molecule has 2 aliphatic carbocycles. The lowest BCUT2D eigenvalue weighted by molar-refractivity contribution is -0.149. The fraction of sp³-hybridized carbons (Fsp3) is 0.867. The van der Waals surface area contributed by atoms with E-state index in [0.717, 1.165) is 18.4 Å². The van der Waals surface area contributed by atoms with Crippen LogP contribution in [0.4, 0.5) is 0 Å². The zero-order valence-corrected chi connectivity index (χ0v) is 11.9. The number of nitrogens with one attached hydrogen (secondary N) is 1.